The number of nitrogens with two attached hydrogens (primary N) is 1. The van der Waals surface area contributed by atoms with E-state index in [0.29, 0.717) is 5.69 Å². The Hall–Kier alpha value is -1.48. The molecule has 0 amide bonds. The average Bonchev–Trinajstić information content (AvgIpc) is 2.51. The fraction of sp³-hybridized carbons (Fsp3) is 0.100. The third-order valence-corrected chi connectivity index (χ3v) is 2.24. The van der Waals surface area contributed by atoms with Gasteiger partial charge < -0.3 is 5.73 Å². The predicted molar refractivity (Wildman–Crippen MR) is 57.7 cm³/mol. The van der Waals surface area contributed by atoms with Crippen molar-refractivity contribution in [2.45, 2.75) is 6.92 Å². The highest BCUT2D eigenvalue weighted by Crippen LogP contribution is 2.18. The second kappa shape index (κ2) is 3.35. The molecule has 0 unspecified atom stereocenters. The predicted octanol–water partition coefficient (Wildman–Crippen LogP) is 2.42. The van der Waals surface area contributed by atoms with Gasteiger partial charge in [0, 0.05) is 5.02 Å². The summed E-state index contributed by atoms with van der Waals surface area (Å²) in [6.45, 7) is 1.99. The van der Waals surface area contributed by atoms with Crippen LogP contribution < -0.4 is 5.73 Å². The van der Waals surface area contributed by atoms with Gasteiger partial charge in [0.15, 0.2) is 0 Å². The van der Waals surface area contributed by atoms with Gasteiger partial charge in [-0.05, 0) is 30.7 Å². The lowest BCUT2D eigenvalue weighted by atomic mass is 10.2. The van der Waals surface area contributed by atoms with Crippen molar-refractivity contribution in [3.05, 3.63) is 41.2 Å². The zero-order chi connectivity index (χ0) is 10.1. The summed E-state index contributed by atoms with van der Waals surface area (Å²) < 4.78 is 1.74. The first kappa shape index (κ1) is 9.09. The van der Waals surface area contributed by atoms with Crippen LogP contribution in [0.2, 0.25) is 5.02 Å². The summed E-state index contributed by atoms with van der Waals surface area (Å²) in [6.07, 6.45) is 3.39. The molecule has 2 N–H and O–H groups in total. The first-order valence-electron chi connectivity index (χ1n) is 4.23. The molecule has 1 aromatic heterocycles. The van der Waals surface area contributed by atoms with E-state index in [2.05, 4.69) is 5.10 Å². The lowest BCUT2D eigenvalue weighted by molar-refractivity contribution is 0.873. The van der Waals surface area contributed by atoms with Crippen LogP contribution in [-0.4, -0.2) is 9.78 Å². The smallest absolute Gasteiger partial charge is 0.0724 e. The van der Waals surface area contributed by atoms with Crippen molar-refractivity contribution in [1.29, 1.82) is 0 Å². The number of aryl methyl sites for hydroxylation is 1. The second-order valence-corrected chi connectivity index (χ2v) is 3.59. The maximum atomic E-state index is 5.86. The summed E-state index contributed by atoms with van der Waals surface area (Å²) in [5.41, 5.74) is 8.30. The number of rotatable bonds is 1. The molecule has 0 spiro atoms. The number of halogens is 1. The lowest BCUT2D eigenvalue weighted by Gasteiger charge is -2.05. The van der Waals surface area contributed by atoms with E-state index in [-0.39, 0.29) is 0 Å². The van der Waals surface area contributed by atoms with Crippen molar-refractivity contribution in [2.24, 2.45) is 0 Å². The summed E-state index contributed by atoms with van der Waals surface area (Å²) in [5.74, 6) is 0. The van der Waals surface area contributed by atoms with Crippen LogP contribution in [-0.2, 0) is 0 Å². The molecule has 2 rings (SSSR count). The fourth-order valence-electron chi connectivity index (χ4n) is 1.34. The highest BCUT2D eigenvalue weighted by Gasteiger charge is 2.02. The zero-order valence-corrected chi connectivity index (χ0v) is 8.49. The molecule has 0 fully saturated rings. The topological polar surface area (TPSA) is 43.8 Å². The third-order valence-electron chi connectivity index (χ3n) is 2.01. The fourth-order valence-corrected chi connectivity index (χ4v) is 1.57. The summed E-state index contributed by atoms with van der Waals surface area (Å²) in [6, 6.07) is 5.65. The van der Waals surface area contributed by atoms with Gasteiger partial charge >= 0.3 is 0 Å². The Bertz CT molecular complexity index is 462. The van der Waals surface area contributed by atoms with E-state index in [1.165, 1.54) is 0 Å². The molecular weight excluding hydrogens is 198 g/mol. The molecule has 0 bridgehead atoms. The van der Waals surface area contributed by atoms with E-state index in [1.807, 2.05) is 25.1 Å². The van der Waals surface area contributed by atoms with E-state index in [9.17, 15) is 0 Å². The largest absolute Gasteiger partial charge is 0.396 e. The maximum Gasteiger partial charge on any atom is 0.0724 e. The van der Waals surface area contributed by atoms with Crippen molar-refractivity contribution in [2.75, 3.05) is 5.73 Å². The number of nitrogen functional groups attached to an aromatic ring is 1. The van der Waals surface area contributed by atoms with E-state index in [1.54, 1.807) is 17.1 Å². The Morgan fingerprint density at radius 3 is 2.79 bits per heavy atom. The third kappa shape index (κ3) is 1.59. The number of hydrogen-bond donors (Lipinski definition) is 1. The molecule has 0 aliphatic heterocycles. The van der Waals surface area contributed by atoms with Crippen LogP contribution in [0.15, 0.2) is 30.6 Å². The molecule has 14 heavy (non-hydrogen) atoms. The first-order valence-corrected chi connectivity index (χ1v) is 4.61. The molecule has 4 heteroatoms. The Kier molecular flexibility index (Phi) is 2.17. The number of anilines is 1. The van der Waals surface area contributed by atoms with Crippen LogP contribution in [0, 0.1) is 6.92 Å². The Balaban J connectivity index is 2.52. The van der Waals surface area contributed by atoms with Crippen molar-refractivity contribution in [3.8, 4) is 5.69 Å². The van der Waals surface area contributed by atoms with Crippen LogP contribution in [0.1, 0.15) is 5.56 Å². The molecular formula is C10H10ClN3. The van der Waals surface area contributed by atoms with Gasteiger partial charge in [-0.25, -0.2) is 4.68 Å². The van der Waals surface area contributed by atoms with Gasteiger partial charge in [0.25, 0.3) is 0 Å². The molecule has 0 saturated heterocycles. The molecule has 1 heterocycles. The van der Waals surface area contributed by atoms with E-state index < -0.39 is 0 Å². The summed E-state index contributed by atoms with van der Waals surface area (Å²) in [7, 11) is 0. The quantitative estimate of drug-likeness (QED) is 0.781. The van der Waals surface area contributed by atoms with E-state index >= 15 is 0 Å². The van der Waals surface area contributed by atoms with Gasteiger partial charge in [0.2, 0.25) is 0 Å². The minimum atomic E-state index is 0.652. The molecule has 0 radical (unpaired) electrons. The van der Waals surface area contributed by atoms with Gasteiger partial charge in [0.1, 0.15) is 0 Å². The number of nitrogens with zero attached hydrogens (tertiary/aromatic N) is 2. The molecule has 0 atom stereocenters. The average molecular weight is 208 g/mol. The molecule has 0 saturated carbocycles. The Morgan fingerprint density at radius 1 is 1.43 bits per heavy atom. The highest BCUT2D eigenvalue weighted by molar-refractivity contribution is 6.30. The van der Waals surface area contributed by atoms with Gasteiger partial charge in [-0.3, -0.25) is 0 Å². The Morgan fingerprint density at radius 2 is 2.21 bits per heavy atom. The van der Waals surface area contributed by atoms with Crippen molar-refractivity contribution in [3.63, 3.8) is 0 Å². The molecule has 2 aromatic rings. The van der Waals surface area contributed by atoms with Crippen molar-refractivity contribution < 1.29 is 0 Å². The van der Waals surface area contributed by atoms with Crippen LogP contribution in [0.5, 0.6) is 0 Å². The monoisotopic (exact) mass is 207 g/mol. The van der Waals surface area contributed by atoms with Gasteiger partial charge in [0.05, 0.1) is 23.8 Å². The minimum Gasteiger partial charge on any atom is -0.396 e. The summed E-state index contributed by atoms with van der Waals surface area (Å²) >= 11 is 5.86. The first-order chi connectivity index (χ1) is 6.66. The minimum absolute atomic E-state index is 0.652. The molecule has 1 aromatic carbocycles. The van der Waals surface area contributed by atoms with Crippen LogP contribution >= 0.6 is 11.6 Å². The summed E-state index contributed by atoms with van der Waals surface area (Å²) in [4.78, 5) is 0. The number of hydrogen-bond acceptors (Lipinski definition) is 2. The van der Waals surface area contributed by atoms with Crippen molar-refractivity contribution in [1.82, 2.24) is 9.78 Å². The van der Waals surface area contributed by atoms with Crippen molar-refractivity contribution >= 4 is 17.3 Å². The molecule has 3 nitrogen and oxygen atoms in total. The normalized spacial score (nSPS) is 10.4. The maximum absolute atomic E-state index is 5.86. The van der Waals surface area contributed by atoms with Gasteiger partial charge in [-0.15, -0.1) is 0 Å². The second-order valence-electron chi connectivity index (χ2n) is 3.15. The molecule has 0 aliphatic carbocycles. The van der Waals surface area contributed by atoms with Crippen LogP contribution in [0.4, 0.5) is 5.69 Å². The Labute approximate surface area is 87.1 Å². The van der Waals surface area contributed by atoms with Crippen LogP contribution in [0.3, 0.4) is 0 Å². The molecule has 72 valence electrons. The van der Waals surface area contributed by atoms with Gasteiger partial charge in [-0.2, -0.15) is 5.10 Å². The number of benzene rings is 1. The van der Waals surface area contributed by atoms with E-state index in [4.69, 9.17) is 17.3 Å². The van der Waals surface area contributed by atoms with E-state index in [0.717, 1.165) is 16.3 Å². The zero-order valence-electron chi connectivity index (χ0n) is 7.74. The SMILES string of the molecule is Cc1cc(Cl)ccc1-n1cc(N)cn1. The molecule has 0 aliphatic rings. The summed E-state index contributed by atoms with van der Waals surface area (Å²) in [5, 5.41) is 4.85. The number of aromatic nitrogens is 2. The van der Waals surface area contributed by atoms with Gasteiger partial charge in [-0.1, -0.05) is 11.6 Å². The standard InChI is InChI=1S/C10H10ClN3/c1-7-4-8(11)2-3-10(7)14-6-9(12)5-13-14/h2-6H,12H2,1H3. The highest BCUT2D eigenvalue weighted by atomic mass is 35.5. The lowest BCUT2D eigenvalue weighted by Crippen LogP contribution is -1.96. The van der Waals surface area contributed by atoms with Crippen LogP contribution in [0.25, 0.3) is 5.69 Å².